The van der Waals surface area contributed by atoms with Crippen molar-refractivity contribution in [3.8, 4) is 0 Å². The Morgan fingerprint density at radius 3 is 2.57 bits per heavy atom. The van der Waals surface area contributed by atoms with Crippen LogP contribution in [0.1, 0.15) is 61.4 Å². The van der Waals surface area contributed by atoms with E-state index in [4.69, 9.17) is 10.7 Å². The first kappa shape index (κ1) is 16.0. The molecule has 0 bridgehead atoms. The molecule has 0 saturated carbocycles. The number of rotatable bonds is 4. The summed E-state index contributed by atoms with van der Waals surface area (Å²) in [4.78, 5) is 4.73. The van der Waals surface area contributed by atoms with Gasteiger partial charge in [0.25, 0.3) is 0 Å². The Morgan fingerprint density at radius 1 is 1.29 bits per heavy atom. The van der Waals surface area contributed by atoms with Crippen molar-refractivity contribution < 1.29 is 0 Å². The van der Waals surface area contributed by atoms with Crippen LogP contribution in [-0.4, -0.2) is 15.2 Å². The number of nitrogens with two attached hydrogens (primary N) is 1. The molecule has 1 unspecified atom stereocenters. The van der Waals surface area contributed by atoms with E-state index in [0.717, 1.165) is 40.5 Å². The van der Waals surface area contributed by atoms with E-state index in [0.29, 0.717) is 0 Å². The van der Waals surface area contributed by atoms with Crippen LogP contribution in [-0.2, 0) is 18.3 Å². The van der Waals surface area contributed by atoms with Crippen molar-refractivity contribution in [1.82, 2.24) is 15.2 Å². The first-order valence-corrected chi connectivity index (χ1v) is 8.22. The van der Waals surface area contributed by atoms with E-state index in [9.17, 15) is 0 Å². The van der Waals surface area contributed by atoms with E-state index < -0.39 is 0 Å². The summed E-state index contributed by atoms with van der Waals surface area (Å²) >= 11 is 1.69. The second-order valence-electron chi connectivity index (χ2n) is 6.43. The van der Waals surface area contributed by atoms with Gasteiger partial charge in [0.15, 0.2) is 0 Å². The Labute approximate surface area is 130 Å². The lowest BCUT2D eigenvalue weighted by Crippen LogP contribution is -2.17. The van der Waals surface area contributed by atoms with E-state index in [1.807, 2.05) is 6.92 Å². The van der Waals surface area contributed by atoms with Crippen molar-refractivity contribution in [2.75, 3.05) is 0 Å². The third kappa shape index (κ3) is 3.86. The molecule has 0 radical (unpaired) electrons. The van der Waals surface area contributed by atoms with Gasteiger partial charge in [-0.15, -0.1) is 11.3 Å². The minimum Gasteiger partial charge on any atom is -0.324 e. The van der Waals surface area contributed by atoms with Crippen LogP contribution in [0.4, 0.5) is 0 Å². The summed E-state index contributed by atoms with van der Waals surface area (Å²) in [6.45, 7) is 10.6. The fraction of sp³-hybridized carbons (Fsp3) is 0.562. The monoisotopic (exact) mass is 304 g/mol. The van der Waals surface area contributed by atoms with Gasteiger partial charge in [-0.3, -0.25) is 0 Å². The molecule has 0 saturated heterocycles. The highest BCUT2D eigenvalue weighted by Gasteiger charge is 2.19. The van der Waals surface area contributed by atoms with Gasteiger partial charge in [0.2, 0.25) is 0 Å². The van der Waals surface area contributed by atoms with E-state index in [1.54, 1.807) is 11.3 Å². The van der Waals surface area contributed by atoms with Crippen LogP contribution in [0.3, 0.4) is 0 Å². The van der Waals surface area contributed by atoms with Gasteiger partial charge in [-0.1, -0.05) is 27.7 Å². The molecule has 0 amide bonds. The lowest BCUT2D eigenvalue weighted by atomic mass is 9.93. The van der Waals surface area contributed by atoms with Crippen LogP contribution < -0.4 is 5.73 Å². The Bertz CT molecular complexity index is 613. The van der Waals surface area contributed by atoms with Crippen molar-refractivity contribution >= 4 is 11.3 Å². The molecule has 114 valence electrons. The Kier molecular flexibility index (Phi) is 4.74. The minimum absolute atomic E-state index is 0.0758. The number of nitrogens with zero attached hydrogens (tertiary/aromatic N) is 3. The van der Waals surface area contributed by atoms with E-state index >= 15 is 0 Å². The van der Waals surface area contributed by atoms with Crippen molar-refractivity contribution in [3.05, 3.63) is 39.1 Å². The highest BCUT2D eigenvalue weighted by Crippen LogP contribution is 2.26. The first-order chi connectivity index (χ1) is 9.81. The lowest BCUT2D eigenvalue weighted by molar-refractivity contribution is 0.568. The van der Waals surface area contributed by atoms with Gasteiger partial charge >= 0.3 is 0 Å². The van der Waals surface area contributed by atoms with Gasteiger partial charge < -0.3 is 5.73 Å². The number of hydrogen-bond acceptors (Lipinski definition) is 5. The third-order valence-corrected chi connectivity index (χ3v) is 4.35. The second kappa shape index (κ2) is 6.20. The Balaban J connectivity index is 2.20. The summed E-state index contributed by atoms with van der Waals surface area (Å²) < 4.78 is 0. The predicted molar refractivity (Wildman–Crippen MR) is 87.6 cm³/mol. The zero-order chi connectivity index (χ0) is 15.6. The Hall–Kier alpha value is -1.33. The quantitative estimate of drug-likeness (QED) is 0.941. The zero-order valence-electron chi connectivity index (χ0n) is 13.5. The fourth-order valence-electron chi connectivity index (χ4n) is 2.18. The topological polar surface area (TPSA) is 64.7 Å². The molecular formula is C16H24N4S. The Morgan fingerprint density at radius 2 is 2.00 bits per heavy atom. The maximum Gasteiger partial charge on any atom is 0.0947 e. The molecular weight excluding hydrogens is 280 g/mol. The molecule has 2 rings (SSSR count). The first-order valence-electron chi connectivity index (χ1n) is 7.34. The van der Waals surface area contributed by atoms with Crippen molar-refractivity contribution in [1.29, 1.82) is 0 Å². The number of thiazole rings is 1. The number of aromatic nitrogens is 3. The average Bonchev–Trinajstić information content (AvgIpc) is 2.87. The lowest BCUT2D eigenvalue weighted by Gasteiger charge is -2.15. The summed E-state index contributed by atoms with van der Waals surface area (Å²) in [5.41, 5.74) is 10.6. The van der Waals surface area contributed by atoms with Gasteiger partial charge in [0, 0.05) is 23.3 Å². The highest BCUT2D eigenvalue weighted by atomic mass is 32.1. The minimum atomic E-state index is -0.0758. The smallest absolute Gasteiger partial charge is 0.0947 e. The summed E-state index contributed by atoms with van der Waals surface area (Å²) in [6, 6.07) is 1.97. The molecule has 0 aliphatic heterocycles. The molecule has 2 aromatic heterocycles. The molecule has 0 aromatic carbocycles. The van der Waals surface area contributed by atoms with E-state index in [2.05, 4.69) is 49.3 Å². The van der Waals surface area contributed by atoms with Crippen LogP contribution in [0.5, 0.6) is 0 Å². The molecule has 2 aromatic rings. The van der Waals surface area contributed by atoms with Gasteiger partial charge in [-0.2, -0.15) is 10.2 Å². The highest BCUT2D eigenvalue weighted by molar-refractivity contribution is 7.09. The molecule has 0 aliphatic carbocycles. The van der Waals surface area contributed by atoms with Crippen LogP contribution in [0.15, 0.2) is 11.4 Å². The fourth-order valence-corrected chi connectivity index (χ4v) is 3.26. The molecule has 0 spiro atoms. The maximum atomic E-state index is 6.39. The molecule has 4 nitrogen and oxygen atoms in total. The molecule has 0 aliphatic rings. The van der Waals surface area contributed by atoms with Crippen LogP contribution in [0, 0.1) is 6.92 Å². The van der Waals surface area contributed by atoms with Crippen molar-refractivity contribution in [2.24, 2.45) is 5.73 Å². The van der Waals surface area contributed by atoms with Gasteiger partial charge in [-0.25, -0.2) is 4.98 Å². The third-order valence-electron chi connectivity index (χ3n) is 3.48. The van der Waals surface area contributed by atoms with Gasteiger partial charge in [0.05, 0.1) is 22.1 Å². The summed E-state index contributed by atoms with van der Waals surface area (Å²) in [6.07, 6.45) is 1.60. The van der Waals surface area contributed by atoms with Crippen LogP contribution in [0.25, 0.3) is 0 Å². The molecule has 5 heteroatoms. The largest absolute Gasteiger partial charge is 0.324 e. The maximum absolute atomic E-state index is 6.39. The van der Waals surface area contributed by atoms with E-state index in [1.165, 1.54) is 0 Å². The van der Waals surface area contributed by atoms with E-state index in [-0.39, 0.29) is 11.5 Å². The SMILES string of the molecule is CCc1nnc(C)cc1C(N)Cc1nc(C(C)(C)C)cs1. The molecule has 21 heavy (non-hydrogen) atoms. The molecule has 1 atom stereocenters. The molecule has 2 heterocycles. The summed E-state index contributed by atoms with van der Waals surface area (Å²) in [5.74, 6) is 0. The van der Waals surface area contributed by atoms with Crippen molar-refractivity contribution in [3.63, 3.8) is 0 Å². The normalized spacial score (nSPS) is 13.4. The number of hydrogen-bond donors (Lipinski definition) is 1. The van der Waals surface area contributed by atoms with Crippen LogP contribution in [0.2, 0.25) is 0 Å². The molecule has 0 fully saturated rings. The zero-order valence-corrected chi connectivity index (χ0v) is 14.3. The standard InChI is InChI=1S/C16H24N4S/c1-6-13-11(7-10(2)19-20-13)12(17)8-15-18-14(9-21-15)16(3,4)5/h7,9,12H,6,8,17H2,1-5H3. The van der Waals surface area contributed by atoms with Crippen molar-refractivity contribution in [2.45, 2.75) is 58.9 Å². The second-order valence-corrected chi connectivity index (χ2v) is 7.37. The molecule has 2 N–H and O–H groups in total. The number of aryl methyl sites for hydroxylation is 2. The summed E-state index contributed by atoms with van der Waals surface area (Å²) in [7, 11) is 0. The van der Waals surface area contributed by atoms with Gasteiger partial charge in [-0.05, 0) is 25.0 Å². The van der Waals surface area contributed by atoms with Crippen LogP contribution >= 0.6 is 11.3 Å². The summed E-state index contributed by atoms with van der Waals surface area (Å²) in [5, 5.41) is 11.6. The predicted octanol–water partition coefficient (Wildman–Crippen LogP) is 3.34. The average molecular weight is 304 g/mol. The van der Waals surface area contributed by atoms with Gasteiger partial charge in [0.1, 0.15) is 0 Å².